The van der Waals surface area contributed by atoms with Gasteiger partial charge in [-0.05, 0) is 0 Å². The number of esters is 1. The average molecular weight is 190 g/mol. The fourth-order valence-electron chi connectivity index (χ4n) is 0.450. The molecule has 0 unspecified atom stereocenters. The van der Waals surface area contributed by atoms with Crippen LogP contribution in [0, 0.1) is 20.2 Å². The lowest BCUT2D eigenvalue weighted by atomic mass is 10.4. The molecule has 0 fully saturated rings. The molecule has 0 aromatic heterocycles. The van der Waals surface area contributed by atoms with Crippen molar-refractivity contribution in [2.24, 2.45) is 0 Å². The summed E-state index contributed by atoms with van der Waals surface area (Å²) in [5.74, 6) is -0.881. The van der Waals surface area contributed by atoms with E-state index in [1.807, 2.05) is 0 Å². The van der Waals surface area contributed by atoms with E-state index in [9.17, 15) is 25.0 Å². The fourth-order valence-corrected chi connectivity index (χ4v) is 0.450. The molecular weight excluding hydrogens is 184 g/mol. The van der Waals surface area contributed by atoms with Crippen LogP contribution in [0.2, 0.25) is 0 Å². The van der Waals surface area contributed by atoms with Crippen LogP contribution in [0.4, 0.5) is 0 Å². The molecule has 0 atom stereocenters. The Bertz CT molecular complexity index is 246. The Hall–Kier alpha value is -1.99. The van der Waals surface area contributed by atoms with Gasteiger partial charge in [0.05, 0.1) is 13.2 Å². The van der Waals surface area contributed by atoms with Crippen LogP contribution in [-0.2, 0) is 9.53 Å². The largest absolute Gasteiger partial charge is 0.470 e. The van der Waals surface area contributed by atoms with Gasteiger partial charge in [-0.25, -0.2) is 4.79 Å². The lowest BCUT2D eigenvalue weighted by Crippen LogP contribution is -2.26. The number of nitrogens with zero attached hydrogens (tertiary/aromatic N) is 2. The zero-order valence-corrected chi connectivity index (χ0v) is 6.58. The quantitative estimate of drug-likeness (QED) is 0.196. The van der Waals surface area contributed by atoms with Crippen LogP contribution >= 0.6 is 0 Å². The highest BCUT2D eigenvalue weighted by atomic mass is 16.7. The number of hydrogen-bond donors (Lipinski definition) is 0. The highest BCUT2D eigenvalue weighted by Crippen LogP contribution is 1.94. The van der Waals surface area contributed by atoms with Gasteiger partial charge in [0, 0.05) is 6.08 Å². The Morgan fingerprint density at radius 2 is 1.85 bits per heavy atom. The van der Waals surface area contributed by atoms with Crippen molar-refractivity contribution >= 4 is 5.97 Å². The van der Waals surface area contributed by atoms with Gasteiger partial charge >= 0.3 is 12.1 Å². The molecule has 0 aromatic rings. The normalized spacial score (nSPS) is 10.3. The molecule has 72 valence electrons. The number of carbonyl (C=O) groups is 1. The van der Waals surface area contributed by atoms with E-state index >= 15 is 0 Å². The molecule has 0 heterocycles. The molecule has 0 amide bonds. The molecule has 8 heteroatoms. The van der Waals surface area contributed by atoms with Gasteiger partial charge in [-0.15, -0.1) is 0 Å². The molecule has 0 bridgehead atoms. The third-order valence-electron chi connectivity index (χ3n) is 1.04. The molecule has 0 aliphatic carbocycles. The summed E-state index contributed by atoms with van der Waals surface area (Å²) in [5, 5.41) is 20.0. The van der Waals surface area contributed by atoms with E-state index in [0.717, 1.165) is 7.11 Å². The van der Waals surface area contributed by atoms with Gasteiger partial charge < -0.3 is 4.74 Å². The Labute approximate surface area is 72.1 Å². The predicted molar refractivity (Wildman–Crippen MR) is 38.9 cm³/mol. The van der Waals surface area contributed by atoms with Crippen LogP contribution in [0.15, 0.2) is 12.2 Å². The molecule has 0 spiro atoms. The molecule has 0 radical (unpaired) electrons. The van der Waals surface area contributed by atoms with E-state index in [1.54, 1.807) is 0 Å². The van der Waals surface area contributed by atoms with Crippen molar-refractivity contribution in [1.82, 2.24) is 0 Å². The van der Waals surface area contributed by atoms with Crippen molar-refractivity contribution in [3.05, 3.63) is 32.4 Å². The topological polar surface area (TPSA) is 113 Å². The SMILES string of the molecule is COC(=O)/C=C\C([N+](=O)[O-])[N+](=O)[O-]. The minimum absolute atomic E-state index is 0.547. The summed E-state index contributed by atoms with van der Waals surface area (Å²) in [5.41, 5.74) is 0. The summed E-state index contributed by atoms with van der Waals surface area (Å²) in [4.78, 5) is 28.2. The van der Waals surface area contributed by atoms with Gasteiger partial charge in [-0.2, -0.15) is 0 Å². The number of methoxy groups -OCH3 is 1. The van der Waals surface area contributed by atoms with E-state index in [0.29, 0.717) is 12.2 Å². The Kier molecular flexibility index (Phi) is 4.07. The zero-order valence-electron chi connectivity index (χ0n) is 6.58. The second-order valence-corrected chi connectivity index (χ2v) is 1.87. The summed E-state index contributed by atoms with van der Waals surface area (Å²) >= 11 is 0. The first kappa shape index (κ1) is 11.0. The number of hydrogen-bond acceptors (Lipinski definition) is 6. The maximum atomic E-state index is 10.4. The van der Waals surface area contributed by atoms with Crippen LogP contribution in [0.3, 0.4) is 0 Å². The van der Waals surface area contributed by atoms with Gasteiger partial charge in [-0.3, -0.25) is 20.2 Å². The molecule has 0 saturated heterocycles. The summed E-state index contributed by atoms with van der Waals surface area (Å²) in [6.07, 6.45) is -0.929. The third kappa shape index (κ3) is 3.79. The first-order valence-electron chi connectivity index (χ1n) is 3.02. The number of rotatable bonds is 4. The Morgan fingerprint density at radius 1 is 1.38 bits per heavy atom. The van der Waals surface area contributed by atoms with Gasteiger partial charge in [0.1, 0.15) is 9.85 Å². The van der Waals surface area contributed by atoms with Gasteiger partial charge in [0.25, 0.3) is 0 Å². The summed E-state index contributed by atoms with van der Waals surface area (Å²) in [6, 6.07) is 0. The minimum Gasteiger partial charge on any atom is -0.466 e. The molecule has 0 aliphatic heterocycles. The second kappa shape index (κ2) is 4.80. The highest BCUT2D eigenvalue weighted by molar-refractivity contribution is 5.81. The van der Waals surface area contributed by atoms with Crippen molar-refractivity contribution in [3.63, 3.8) is 0 Å². The van der Waals surface area contributed by atoms with E-state index in [4.69, 9.17) is 0 Å². The summed E-state index contributed by atoms with van der Waals surface area (Å²) < 4.78 is 4.09. The van der Waals surface area contributed by atoms with E-state index in [1.165, 1.54) is 0 Å². The number of carbonyl (C=O) groups excluding carboxylic acids is 1. The molecule has 8 nitrogen and oxygen atoms in total. The zero-order chi connectivity index (χ0) is 10.4. The van der Waals surface area contributed by atoms with Gasteiger partial charge in [0.2, 0.25) is 0 Å². The Balaban J connectivity index is 4.43. The molecule has 0 N–H and O–H groups in total. The smallest absolute Gasteiger partial charge is 0.466 e. The van der Waals surface area contributed by atoms with Crippen LogP contribution < -0.4 is 0 Å². The predicted octanol–water partition coefficient (Wildman–Crippen LogP) is -0.405. The summed E-state index contributed by atoms with van der Waals surface area (Å²) in [6.45, 7) is 0. The summed E-state index contributed by atoms with van der Waals surface area (Å²) in [7, 11) is 1.06. The standard InChI is InChI=1S/C5H6N2O6/c1-13-5(8)3-2-4(6(9)10)7(11)12/h2-4H,1H3/b3-2-. The molecular formula is C5H6N2O6. The van der Waals surface area contributed by atoms with Crippen molar-refractivity contribution in [2.45, 2.75) is 6.17 Å². The first-order chi connectivity index (χ1) is 5.99. The maximum absolute atomic E-state index is 10.4. The van der Waals surface area contributed by atoms with Crippen LogP contribution in [0.1, 0.15) is 0 Å². The maximum Gasteiger partial charge on any atom is 0.470 e. The monoisotopic (exact) mass is 190 g/mol. The van der Waals surface area contributed by atoms with Crippen LogP contribution in [0.25, 0.3) is 0 Å². The van der Waals surface area contributed by atoms with Crippen molar-refractivity contribution in [3.8, 4) is 0 Å². The lowest BCUT2D eigenvalue weighted by molar-refractivity contribution is -0.727. The van der Waals surface area contributed by atoms with Crippen molar-refractivity contribution in [1.29, 1.82) is 0 Å². The molecule has 13 heavy (non-hydrogen) atoms. The third-order valence-corrected chi connectivity index (χ3v) is 1.04. The van der Waals surface area contributed by atoms with Crippen LogP contribution in [0.5, 0.6) is 0 Å². The molecule has 0 rings (SSSR count). The lowest BCUT2D eigenvalue weighted by Gasteiger charge is -1.94. The van der Waals surface area contributed by atoms with Crippen molar-refractivity contribution < 1.29 is 19.4 Å². The Morgan fingerprint density at radius 3 is 2.15 bits per heavy atom. The minimum atomic E-state index is -2.11. The second-order valence-electron chi connectivity index (χ2n) is 1.87. The van der Waals surface area contributed by atoms with Gasteiger partial charge in [-0.1, -0.05) is 0 Å². The molecule has 0 aromatic carbocycles. The van der Waals surface area contributed by atoms with Crippen molar-refractivity contribution in [2.75, 3.05) is 7.11 Å². The fraction of sp³-hybridized carbons (Fsp3) is 0.400. The number of ether oxygens (including phenoxy) is 1. The highest BCUT2D eigenvalue weighted by Gasteiger charge is 2.28. The first-order valence-corrected chi connectivity index (χ1v) is 3.02. The average Bonchev–Trinajstić information content (AvgIpc) is 2.03. The van der Waals surface area contributed by atoms with Gasteiger partial charge in [0.15, 0.2) is 0 Å². The van der Waals surface area contributed by atoms with E-state index in [2.05, 4.69) is 4.74 Å². The van der Waals surface area contributed by atoms with E-state index < -0.39 is 22.0 Å². The van der Waals surface area contributed by atoms with Crippen LogP contribution in [-0.4, -0.2) is 29.1 Å². The number of nitro groups is 2. The molecule has 0 saturated carbocycles. The molecule has 0 aliphatic rings. The van der Waals surface area contributed by atoms with E-state index in [-0.39, 0.29) is 0 Å².